The van der Waals surface area contributed by atoms with E-state index in [2.05, 4.69) is 40.3 Å². The minimum absolute atomic E-state index is 0.572. The van der Waals surface area contributed by atoms with E-state index >= 15 is 0 Å². The molecule has 0 unspecified atom stereocenters. The lowest BCUT2D eigenvalue weighted by atomic mass is 10.1. The fourth-order valence-electron chi connectivity index (χ4n) is 1.34. The van der Waals surface area contributed by atoms with Crippen LogP contribution >= 0.6 is 27.5 Å². The zero-order valence-electron chi connectivity index (χ0n) is 8.76. The van der Waals surface area contributed by atoms with Gasteiger partial charge in [0.25, 0.3) is 0 Å². The van der Waals surface area contributed by atoms with E-state index in [0.717, 1.165) is 17.4 Å². The lowest BCUT2D eigenvalue weighted by molar-refractivity contribution is 1.12. The van der Waals surface area contributed by atoms with Crippen LogP contribution in [0.3, 0.4) is 0 Å². The lowest BCUT2D eigenvalue weighted by Gasteiger charge is -2.09. The van der Waals surface area contributed by atoms with Crippen LogP contribution in [0.15, 0.2) is 34.8 Å². The van der Waals surface area contributed by atoms with Gasteiger partial charge in [-0.1, -0.05) is 35.0 Å². The molecule has 0 radical (unpaired) electrons. The van der Waals surface area contributed by atoms with E-state index in [1.54, 1.807) is 0 Å². The second-order valence-corrected chi connectivity index (χ2v) is 4.39. The summed E-state index contributed by atoms with van der Waals surface area (Å²) in [6, 6.07) is 6.29. The Bertz CT molecular complexity index is 336. The van der Waals surface area contributed by atoms with E-state index in [1.165, 1.54) is 11.3 Å². The van der Waals surface area contributed by atoms with Crippen LogP contribution in [-0.4, -0.2) is 12.4 Å². The number of benzene rings is 1. The molecule has 0 amide bonds. The molecular weight excluding hydrogens is 273 g/mol. The van der Waals surface area contributed by atoms with Crippen molar-refractivity contribution in [3.63, 3.8) is 0 Å². The predicted molar refractivity (Wildman–Crippen MR) is 71.9 cm³/mol. The van der Waals surface area contributed by atoms with Crippen LogP contribution in [0.5, 0.6) is 0 Å². The van der Waals surface area contributed by atoms with Crippen LogP contribution in [0.4, 0.5) is 5.69 Å². The number of nitrogens with one attached hydrogen (secondary N) is 1. The quantitative estimate of drug-likeness (QED) is 0.632. The van der Waals surface area contributed by atoms with Crippen LogP contribution < -0.4 is 5.32 Å². The van der Waals surface area contributed by atoms with Crippen molar-refractivity contribution in [2.45, 2.75) is 13.3 Å². The molecule has 1 aromatic carbocycles. The third-order valence-electron chi connectivity index (χ3n) is 2.11. The highest BCUT2D eigenvalue weighted by Crippen LogP contribution is 2.21. The summed E-state index contributed by atoms with van der Waals surface area (Å²) >= 11 is 9.01. The summed E-state index contributed by atoms with van der Waals surface area (Å²) in [4.78, 5) is 0. The van der Waals surface area contributed by atoms with E-state index in [9.17, 15) is 0 Å². The Labute approximate surface area is 105 Å². The third kappa shape index (κ3) is 4.27. The molecule has 0 aromatic heterocycles. The molecule has 1 aromatic rings. The van der Waals surface area contributed by atoms with Crippen LogP contribution in [0.1, 0.15) is 12.5 Å². The number of hydrogen-bond acceptors (Lipinski definition) is 1. The third-order valence-corrected chi connectivity index (χ3v) is 2.79. The molecule has 0 bridgehead atoms. The molecule has 0 saturated carbocycles. The topological polar surface area (TPSA) is 12.0 Å². The molecule has 0 saturated heterocycles. The van der Waals surface area contributed by atoms with E-state index in [0.29, 0.717) is 5.88 Å². The molecule has 0 atom stereocenters. The highest BCUT2D eigenvalue weighted by atomic mass is 79.9. The number of anilines is 1. The monoisotopic (exact) mass is 287 g/mol. The first kappa shape index (κ1) is 12.6. The van der Waals surface area contributed by atoms with Crippen LogP contribution in [0.25, 0.3) is 0 Å². The van der Waals surface area contributed by atoms with Gasteiger partial charge >= 0.3 is 0 Å². The maximum Gasteiger partial charge on any atom is 0.0404 e. The standard InChI is InChI=1S/C12H15BrClN/c1-2-10-9-11(13)5-6-12(10)15-8-4-3-7-14/h3-6,9,15H,2,7-8H2,1H3/b4-3+. The molecule has 15 heavy (non-hydrogen) atoms. The fraction of sp³-hybridized carbons (Fsp3) is 0.333. The van der Waals surface area contributed by atoms with Crippen LogP contribution in [-0.2, 0) is 6.42 Å². The van der Waals surface area contributed by atoms with Gasteiger partial charge in [-0.3, -0.25) is 0 Å². The number of rotatable bonds is 5. The Morgan fingerprint density at radius 3 is 2.87 bits per heavy atom. The summed E-state index contributed by atoms with van der Waals surface area (Å²) in [5, 5.41) is 3.36. The number of hydrogen-bond donors (Lipinski definition) is 1. The normalized spacial score (nSPS) is 10.9. The minimum Gasteiger partial charge on any atom is -0.381 e. The molecule has 0 aliphatic rings. The highest BCUT2D eigenvalue weighted by Gasteiger charge is 1.99. The van der Waals surface area contributed by atoms with Crippen molar-refractivity contribution in [3.05, 3.63) is 40.4 Å². The lowest BCUT2D eigenvalue weighted by Crippen LogP contribution is -2.01. The van der Waals surface area contributed by atoms with Gasteiger partial charge in [0.05, 0.1) is 0 Å². The number of alkyl halides is 1. The largest absolute Gasteiger partial charge is 0.381 e. The molecule has 1 N–H and O–H groups in total. The van der Waals surface area contributed by atoms with E-state index in [1.807, 2.05) is 18.2 Å². The summed E-state index contributed by atoms with van der Waals surface area (Å²) in [5.74, 6) is 0.572. The molecule has 0 aliphatic carbocycles. The Kier molecular flexibility index (Phi) is 5.81. The van der Waals surface area contributed by atoms with Crippen molar-refractivity contribution in [3.8, 4) is 0 Å². The molecule has 0 spiro atoms. The molecule has 1 nitrogen and oxygen atoms in total. The average molecular weight is 289 g/mol. The molecular formula is C12H15BrClN. The van der Waals surface area contributed by atoms with E-state index in [-0.39, 0.29) is 0 Å². The molecule has 3 heteroatoms. The van der Waals surface area contributed by atoms with Gasteiger partial charge in [0.2, 0.25) is 0 Å². The summed E-state index contributed by atoms with van der Waals surface area (Å²) in [6.07, 6.45) is 5.01. The predicted octanol–water partition coefficient (Wildman–Crippen LogP) is 4.22. The highest BCUT2D eigenvalue weighted by molar-refractivity contribution is 9.10. The van der Waals surface area contributed by atoms with Crippen molar-refractivity contribution in [2.75, 3.05) is 17.7 Å². The second-order valence-electron chi connectivity index (χ2n) is 3.16. The summed E-state index contributed by atoms with van der Waals surface area (Å²) in [5.41, 5.74) is 2.52. The van der Waals surface area contributed by atoms with E-state index < -0.39 is 0 Å². The van der Waals surface area contributed by atoms with Crippen LogP contribution in [0, 0.1) is 0 Å². The van der Waals surface area contributed by atoms with Gasteiger partial charge in [0.15, 0.2) is 0 Å². The Balaban J connectivity index is 2.63. The van der Waals surface area contributed by atoms with Crippen molar-refractivity contribution < 1.29 is 0 Å². The maximum atomic E-state index is 5.54. The van der Waals surface area contributed by atoms with Crippen molar-refractivity contribution >= 4 is 33.2 Å². The fourth-order valence-corrected chi connectivity index (χ4v) is 1.88. The minimum atomic E-state index is 0.572. The van der Waals surface area contributed by atoms with Gasteiger partial charge < -0.3 is 5.32 Å². The summed E-state index contributed by atoms with van der Waals surface area (Å²) < 4.78 is 1.13. The SMILES string of the molecule is CCc1cc(Br)ccc1NC/C=C/CCl. The van der Waals surface area contributed by atoms with Gasteiger partial charge in [0, 0.05) is 22.6 Å². The Morgan fingerprint density at radius 2 is 2.20 bits per heavy atom. The molecule has 0 aliphatic heterocycles. The van der Waals surface area contributed by atoms with Crippen molar-refractivity contribution in [1.82, 2.24) is 0 Å². The summed E-state index contributed by atoms with van der Waals surface area (Å²) in [6.45, 7) is 2.98. The zero-order valence-corrected chi connectivity index (χ0v) is 11.1. The van der Waals surface area contributed by atoms with Gasteiger partial charge in [-0.05, 0) is 30.2 Å². The number of halogens is 2. The molecule has 82 valence electrons. The zero-order chi connectivity index (χ0) is 11.1. The first-order valence-electron chi connectivity index (χ1n) is 5.01. The van der Waals surface area contributed by atoms with Crippen molar-refractivity contribution in [2.24, 2.45) is 0 Å². The number of allylic oxidation sites excluding steroid dienone is 1. The average Bonchev–Trinajstić information content (AvgIpc) is 2.26. The second kappa shape index (κ2) is 6.91. The molecule has 0 heterocycles. The first-order chi connectivity index (χ1) is 7.27. The first-order valence-corrected chi connectivity index (χ1v) is 6.34. The van der Waals surface area contributed by atoms with E-state index in [4.69, 9.17) is 11.6 Å². The van der Waals surface area contributed by atoms with Gasteiger partial charge in [-0.15, -0.1) is 11.6 Å². The van der Waals surface area contributed by atoms with Crippen molar-refractivity contribution in [1.29, 1.82) is 0 Å². The van der Waals surface area contributed by atoms with Gasteiger partial charge in [0.1, 0.15) is 0 Å². The summed E-state index contributed by atoms with van der Waals surface area (Å²) in [7, 11) is 0. The Hall–Kier alpha value is -0.470. The smallest absolute Gasteiger partial charge is 0.0404 e. The Morgan fingerprint density at radius 1 is 1.40 bits per heavy atom. The number of aryl methyl sites for hydroxylation is 1. The van der Waals surface area contributed by atoms with Gasteiger partial charge in [-0.2, -0.15) is 0 Å². The van der Waals surface area contributed by atoms with Crippen LogP contribution in [0.2, 0.25) is 0 Å². The van der Waals surface area contributed by atoms with Gasteiger partial charge in [-0.25, -0.2) is 0 Å². The maximum absolute atomic E-state index is 5.54. The molecule has 0 fully saturated rings. The molecule has 1 rings (SSSR count).